The Bertz CT molecular complexity index is 1930. The van der Waals surface area contributed by atoms with Crippen molar-refractivity contribution < 1.29 is 34.1 Å². The molecule has 0 amide bonds. The van der Waals surface area contributed by atoms with E-state index < -0.39 is 11.9 Å². The molecule has 10 nitrogen and oxygen atoms in total. The predicted molar refractivity (Wildman–Crippen MR) is 243 cm³/mol. The van der Waals surface area contributed by atoms with Crippen molar-refractivity contribution in [2.24, 2.45) is 28.4 Å². The maximum absolute atomic E-state index is 10.9. The van der Waals surface area contributed by atoms with Crippen molar-refractivity contribution in [1.82, 2.24) is 9.97 Å². The maximum Gasteiger partial charge on any atom is 0.304 e. The van der Waals surface area contributed by atoms with Crippen molar-refractivity contribution in [3.63, 3.8) is 0 Å². The third kappa shape index (κ3) is 17.1. The first kappa shape index (κ1) is 48.6. The fourth-order valence-corrected chi connectivity index (χ4v) is 8.05. The number of pyridine rings is 2. The minimum atomic E-state index is -0.836. The molecular formula is C51H69N3O7. The summed E-state index contributed by atoms with van der Waals surface area (Å²) in [4.78, 5) is 40.1. The number of carboxylic acid groups (broad SMARTS) is 2. The first-order valence-corrected chi connectivity index (χ1v) is 22.1. The average Bonchev–Trinajstić information content (AvgIpc) is 3.23. The molecule has 6 rings (SSSR count). The molecule has 2 aliphatic rings. The molecule has 0 atom stereocenters. The second kappa shape index (κ2) is 23.8. The van der Waals surface area contributed by atoms with E-state index in [0.717, 1.165) is 96.4 Å². The van der Waals surface area contributed by atoms with Gasteiger partial charge in [-0.25, -0.2) is 4.98 Å². The van der Waals surface area contributed by atoms with Crippen LogP contribution in [0.3, 0.4) is 0 Å². The summed E-state index contributed by atoms with van der Waals surface area (Å²) in [5.41, 5.74) is 10.9. The van der Waals surface area contributed by atoms with Crippen LogP contribution in [0.1, 0.15) is 135 Å². The fraction of sp³-hybridized carbons (Fsp3) is 0.510. The molecule has 2 aromatic carbocycles. The van der Waals surface area contributed by atoms with Gasteiger partial charge in [-0.05, 0) is 166 Å². The Labute approximate surface area is 363 Å². The van der Waals surface area contributed by atoms with Crippen LogP contribution in [0.15, 0.2) is 84.9 Å². The van der Waals surface area contributed by atoms with E-state index in [4.69, 9.17) is 30.4 Å². The molecule has 0 unspecified atom stereocenters. The van der Waals surface area contributed by atoms with Gasteiger partial charge in [0.1, 0.15) is 17.2 Å². The summed E-state index contributed by atoms with van der Waals surface area (Å²) in [5.74, 6) is 1.86. The van der Waals surface area contributed by atoms with Crippen molar-refractivity contribution in [3.8, 4) is 34.0 Å². The highest BCUT2D eigenvalue weighted by Crippen LogP contribution is 2.40. The van der Waals surface area contributed by atoms with Crippen LogP contribution in [0.5, 0.6) is 11.5 Å². The summed E-state index contributed by atoms with van der Waals surface area (Å²) < 4.78 is 12.4. The second-order valence-corrected chi connectivity index (χ2v) is 18.6. The number of benzene rings is 2. The minimum Gasteiger partial charge on any atom is -0.490 e. The first-order valence-electron chi connectivity index (χ1n) is 22.1. The molecule has 0 bridgehead atoms. The van der Waals surface area contributed by atoms with Crippen molar-refractivity contribution in [2.75, 3.05) is 6.54 Å². The molecule has 0 radical (unpaired) electrons. The van der Waals surface area contributed by atoms with Gasteiger partial charge in [0, 0.05) is 29.8 Å². The van der Waals surface area contributed by atoms with Crippen molar-refractivity contribution in [2.45, 2.75) is 137 Å². The monoisotopic (exact) mass is 836 g/mol. The maximum atomic E-state index is 10.9. The number of carbonyl (C=O) groups excluding carboxylic acids is 1. The van der Waals surface area contributed by atoms with E-state index in [1.807, 2.05) is 66.7 Å². The Balaban J connectivity index is 0.000000240. The number of aldehydes is 1. The van der Waals surface area contributed by atoms with Gasteiger partial charge in [0.25, 0.3) is 0 Å². The van der Waals surface area contributed by atoms with Crippen molar-refractivity contribution in [1.29, 1.82) is 0 Å². The number of carbonyl (C=O) groups is 3. The number of hydrogen-bond donors (Lipinski definition) is 3. The molecule has 4 aromatic rings. The summed E-state index contributed by atoms with van der Waals surface area (Å²) >= 11 is 0. The van der Waals surface area contributed by atoms with Crippen molar-refractivity contribution in [3.05, 3.63) is 96.3 Å². The van der Waals surface area contributed by atoms with Gasteiger partial charge in [-0.2, -0.15) is 0 Å². The summed E-state index contributed by atoms with van der Waals surface area (Å²) in [6, 6.07) is 27.8. The van der Waals surface area contributed by atoms with Gasteiger partial charge in [0.05, 0.1) is 30.0 Å². The smallest absolute Gasteiger partial charge is 0.304 e. The quantitative estimate of drug-likeness (QED) is 0.0823. The van der Waals surface area contributed by atoms with Crippen LogP contribution in [-0.2, 0) is 16.0 Å². The van der Waals surface area contributed by atoms with E-state index in [1.54, 1.807) is 6.07 Å². The Morgan fingerprint density at radius 2 is 1.07 bits per heavy atom. The zero-order valence-electron chi connectivity index (χ0n) is 37.3. The molecule has 2 saturated carbocycles. The van der Waals surface area contributed by atoms with Crippen molar-refractivity contribution >= 4 is 18.2 Å². The van der Waals surface area contributed by atoms with Gasteiger partial charge >= 0.3 is 11.9 Å². The zero-order chi connectivity index (χ0) is 44.4. The molecule has 61 heavy (non-hydrogen) atoms. The standard InChI is InChI=1S/C26H35NO3.C22H27NO2.C3H7NO2/c1-26(2,3)20-13-17-23(18-14-20)30-22-15-11-19(12-16-22)24-9-6-8-21(27-24)7-4-5-10-25(28)29;1-22(2,3)17-9-13-20(14-10-17)25-19-11-7-16(8-12-19)21-6-4-5-18(15-24)23-21;4-2-1-3(5)6/h6,8-9,11-12,15-16,20,23H,4-5,7,10,13-14,17-18H2,1-3H3,(H,28,29);4-8,11-12,15,17,20H,9-10,13-14H2,1-3H3;1-2,4H2,(H,5,6). The van der Waals surface area contributed by atoms with Gasteiger partial charge in [-0.1, -0.05) is 53.7 Å². The van der Waals surface area contributed by atoms with Gasteiger partial charge in [0.15, 0.2) is 6.29 Å². The number of unbranched alkanes of at least 4 members (excludes halogenated alkanes) is 1. The van der Waals surface area contributed by atoms with E-state index >= 15 is 0 Å². The van der Waals surface area contributed by atoms with Gasteiger partial charge < -0.3 is 25.4 Å². The molecular weight excluding hydrogens is 767 g/mol. The average molecular weight is 836 g/mol. The molecule has 2 aliphatic carbocycles. The normalized spacial score (nSPS) is 18.9. The third-order valence-electron chi connectivity index (χ3n) is 11.8. The molecule has 2 fully saturated rings. The summed E-state index contributed by atoms with van der Waals surface area (Å²) in [6.45, 7) is 14.3. The minimum absolute atomic E-state index is 0.0694. The number of carboxylic acids is 2. The molecule has 2 heterocycles. The Morgan fingerprint density at radius 1 is 0.623 bits per heavy atom. The molecule has 0 aliphatic heterocycles. The van der Waals surface area contributed by atoms with E-state index in [2.05, 4.69) is 58.7 Å². The fourth-order valence-electron chi connectivity index (χ4n) is 8.05. The largest absolute Gasteiger partial charge is 0.490 e. The van der Waals surface area contributed by atoms with Crippen LogP contribution in [0.25, 0.3) is 22.5 Å². The lowest BCUT2D eigenvalue weighted by molar-refractivity contribution is -0.138. The molecule has 0 saturated heterocycles. The topological polar surface area (TPSA) is 162 Å². The summed E-state index contributed by atoms with van der Waals surface area (Å²) in [7, 11) is 0. The SMILES string of the molecule is CC(C)(C)C1CCC(Oc2ccc(-c3cccc(C=O)n3)cc2)CC1.CC(C)(C)C1CCC(Oc2ccc(-c3cccc(CCCCC(=O)O)n3)cc2)CC1.NCCC(=O)O. The van der Waals surface area contributed by atoms with Crippen LogP contribution in [-0.4, -0.2) is 57.2 Å². The number of nitrogens with two attached hydrogens (primary N) is 1. The highest BCUT2D eigenvalue weighted by atomic mass is 16.5. The molecule has 330 valence electrons. The van der Waals surface area contributed by atoms with Gasteiger partial charge in [-0.15, -0.1) is 0 Å². The molecule has 2 aromatic heterocycles. The predicted octanol–water partition coefficient (Wildman–Crippen LogP) is 11.5. The lowest BCUT2D eigenvalue weighted by Crippen LogP contribution is -2.30. The lowest BCUT2D eigenvalue weighted by atomic mass is 9.72. The zero-order valence-corrected chi connectivity index (χ0v) is 37.3. The third-order valence-corrected chi connectivity index (χ3v) is 11.8. The van der Waals surface area contributed by atoms with Gasteiger partial charge in [-0.3, -0.25) is 19.4 Å². The molecule has 4 N–H and O–H groups in total. The molecule has 10 heteroatoms. The van der Waals surface area contributed by atoms with Crippen LogP contribution in [0.4, 0.5) is 0 Å². The van der Waals surface area contributed by atoms with Crippen LogP contribution in [0.2, 0.25) is 0 Å². The van der Waals surface area contributed by atoms with E-state index in [9.17, 15) is 14.4 Å². The first-order chi connectivity index (χ1) is 29.0. The highest BCUT2D eigenvalue weighted by Gasteiger charge is 2.31. The van der Waals surface area contributed by atoms with Crippen LogP contribution in [0, 0.1) is 22.7 Å². The summed E-state index contributed by atoms with van der Waals surface area (Å²) in [5, 5.41) is 16.6. The summed E-state index contributed by atoms with van der Waals surface area (Å²) in [6.07, 6.45) is 13.5. The number of rotatable bonds is 14. The molecule has 0 spiro atoms. The van der Waals surface area contributed by atoms with Crippen LogP contribution < -0.4 is 15.2 Å². The van der Waals surface area contributed by atoms with Crippen LogP contribution >= 0.6 is 0 Å². The number of hydrogen-bond acceptors (Lipinski definition) is 8. The van der Waals surface area contributed by atoms with E-state index in [1.165, 1.54) is 25.7 Å². The lowest BCUT2D eigenvalue weighted by Gasteiger charge is -2.36. The number of nitrogens with zero attached hydrogens (tertiary/aromatic N) is 2. The Kier molecular flexibility index (Phi) is 18.9. The number of aliphatic carboxylic acids is 2. The Hall–Kier alpha value is -5.09. The Morgan fingerprint density at radius 3 is 1.46 bits per heavy atom. The second-order valence-electron chi connectivity index (χ2n) is 18.6. The highest BCUT2D eigenvalue weighted by molar-refractivity contribution is 5.74. The van der Waals surface area contributed by atoms with E-state index in [0.29, 0.717) is 35.2 Å². The number of aryl methyl sites for hydroxylation is 1. The number of ether oxygens (including phenoxy) is 2. The van der Waals surface area contributed by atoms with Gasteiger partial charge in [0.2, 0.25) is 0 Å². The number of aromatic nitrogens is 2. The van der Waals surface area contributed by atoms with E-state index in [-0.39, 0.29) is 19.4 Å².